The fourth-order valence-corrected chi connectivity index (χ4v) is 3.81. The van der Waals surface area contributed by atoms with Crippen LogP contribution < -0.4 is 4.18 Å². The molecular formula is C22H28FNO4S. The lowest BCUT2D eigenvalue weighted by Gasteiger charge is -2.30. The van der Waals surface area contributed by atoms with E-state index in [0.29, 0.717) is 12.0 Å². The van der Waals surface area contributed by atoms with Gasteiger partial charge < -0.3 is 9.08 Å². The van der Waals surface area contributed by atoms with Crippen molar-refractivity contribution in [1.82, 2.24) is 4.90 Å². The van der Waals surface area contributed by atoms with Crippen LogP contribution in [0.2, 0.25) is 0 Å². The second kappa shape index (κ2) is 9.87. The summed E-state index contributed by atoms with van der Waals surface area (Å²) in [7, 11) is -4.12. The van der Waals surface area contributed by atoms with Crippen LogP contribution >= 0.6 is 0 Å². The first-order valence-corrected chi connectivity index (χ1v) is 11.1. The molecule has 158 valence electrons. The van der Waals surface area contributed by atoms with E-state index in [1.54, 1.807) is 29.2 Å². The summed E-state index contributed by atoms with van der Waals surface area (Å²) in [5, 5.41) is 0. The zero-order valence-electron chi connectivity index (χ0n) is 17.3. The van der Waals surface area contributed by atoms with E-state index in [2.05, 4.69) is 0 Å². The number of rotatable bonds is 9. The lowest BCUT2D eigenvalue weighted by atomic mass is 10.1. The number of amides is 1. The molecule has 2 rings (SSSR count). The number of hydrogen-bond donors (Lipinski definition) is 0. The van der Waals surface area contributed by atoms with Crippen LogP contribution in [0.4, 0.5) is 4.39 Å². The molecule has 0 aliphatic heterocycles. The minimum absolute atomic E-state index is 0.00279. The zero-order chi connectivity index (χ0) is 21.6. The van der Waals surface area contributed by atoms with Crippen molar-refractivity contribution < 1.29 is 21.8 Å². The second-order valence-corrected chi connectivity index (χ2v) is 9.02. The monoisotopic (exact) mass is 421 g/mol. The molecule has 29 heavy (non-hydrogen) atoms. The van der Waals surface area contributed by atoms with Gasteiger partial charge in [0.05, 0.1) is 0 Å². The van der Waals surface area contributed by atoms with Crippen LogP contribution in [0.25, 0.3) is 0 Å². The summed E-state index contributed by atoms with van der Waals surface area (Å²) < 4.78 is 43.6. The predicted molar refractivity (Wildman–Crippen MR) is 110 cm³/mol. The number of carbonyl (C=O) groups is 1. The maximum Gasteiger partial charge on any atom is 0.339 e. The van der Waals surface area contributed by atoms with Crippen molar-refractivity contribution in [1.29, 1.82) is 0 Å². The average Bonchev–Trinajstić information content (AvgIpc) is 2.66. The van der Waals surface area contributed by atoms with E-state index in [1.807, 2.05) is 27.7 Å². The maximum absolute atomic E-state index is 13.1. The Kier molecular flexibility index (Phi) is 7.79. The predicted octanol–water partition coefficient (Wildman–Crippen LogP) is 4.77. The van der Waals surface area contributed by atoms with Gasteiger partial charge in [-0.25, -0.2) is 4.39 Å². The lowest BCUT2D eigenvalue weighted by Crippen LogP contribution is -2.38. The first kappa shape index (κ1) is 22.9. The Morgan fingerprint density at radius 3 is 2.28 bits per heavy atom. The second-order valence-electron chi connectivity index (χ2n) is 7.48. The molecule has 2 aromatic carbocycles. The minimum Gasteiger partial charge on any atom is -0.379 e. The summed E-state index contributed by atoms with van der Waals surface area (Å²) in [6, 6.07) is 11.2. The molecule has 0 aliphatic rings. The Hall–Kier alpha value is -2.41. The van der Waals surface area contributed by atoms with Crippen molar-refractivity contribution in [3.63, 3.8) is 0 Å². The molecule has 7 heteroatoms. The van der Waals surface area contributed by atoms with E-state index in [9.17, 15) is 17.6 Å². The average molecular weight is 422 g/mol. The van der Waals surface area contributed by atoms with Crippen LogP contribution in [0, 0.1) is 11.7 Å². The number of carbonyl (C=O) groups excluding carboxylic acids is 1. The molecular weight excluding hydrogens is 393 g/mol. The molecule has 5 nitrogen and oxygen atoms in total. The Morgan fingerprint density at radius 1 is 1.07 bits per heavy atom. The van der Waals surface area contributed by atoms with Crippen LogP contribution in [0.15, 0.2) is 53.4 Å². The molecule has 0 aromatic heterocycles. The molecule has 0 radical (unpaired) electrons. The minimum atomic E-state index is -4.12. The molecule has 1 atom stereocenters. The SMILES string of the molecule is CCC(C)N(Cc1ccccc1OS(=O)(=O)c1ccc(F)cc1)C(=O)CC(C)C. The van der Waals surface area contributed by atoms with Gasteiger partial charge in [-0.3, -0.25) is 4.79 Å². The summed E-state index contributed by atoms with van der Waals surface area (Å²) in [5.41, 5.74) is 0.593. The molecule has 2 aromatic rings. The van der Waals surface area contributed by atoms with Gasteiger partial charge in [-0.05, 0) is 49.6 Å². The van der Waals surface area contributed by atoms with E-state index in [1.165, 1.54) is 0 Å². The Bertz CT molecular complexity index is 926. The van der Waals surface area contributed by atoms with Gasteiger partial charge in [0, 0.05) is 24.6 Å². The molecule has 0 bridgehead atoms. The molecule has 0 aliphatic carbocycles. The molecule has 0 heterocycles. The fourth-order valence-electron chi connectivity index (χ4n) is 2.84. The zero-order valence-corrected chi connectivity index (χ0v) is 18.1. The van der Waals surface area contributed by atoms with Crippen LogP contribution in [-0.4, -0.2) is 25.3 Å². The normalized spacial score (nSPS) is 12.6. The first-order chi connectivity index (χ1) is 13.6. The van der Waals surface area contributed by atoms with Crippen molar-refractivity contribution in [2.75, 3.05) is 0 Å². The number of nitrogens with zero attached hydrogens (tertiary/aromatic N) is 1. The van der Waals surface area contributed by atoms with E-state index in [0.717, 1.165) is 30.7 Å². The number of hydrogen-bond acceptors (Lipinski definition) is 4. The highest BCUT2D eigenvalue weighted by Gasteiger charge is 2.23. The van der Waals surface area contributed by atoms with E-state index in [4.69, 9.17) is 4.18 Å². The van der Waals surface area contributed by atoms with Crippen LogP contribution in [0.3, 0.4) is 0 Å². The van der Waals surface area contributed by atoms with Gasteiger partial charge in [0.2, 0.25) is 5.91 Å². The van der Waals surface area contributed by atoms with Crippen LogP contribution in [0.5, 0.6) is 5.75 Å². The van der Waals surface area contributed by atoms with Gasteiger partial charge in [0.25, 0.3) is 0 Å². The standard InChI is InChI=1S/C22H28FNO4S/c1-5-17(4)24(22(25)14-16(2)3)15-18-8-6-7-9-21(18)28-29(26,27)20-12-10-19(23)11-13-20/h6-13,16-17H,5,14-15H2,1-4H3. The third kappa shape index (κ3) is 6.29. The highest BCUT2D eigenvalue weighted by atomic mass is 32.2. The Morgan fingerprint density at radius 2 is 1.69 bits per heavy atom. The van der Waals surface area contributed by atoms with Crippen molar-refractivity contribution >= 4 is 16.0 Å². The van der Waals surface area contributed by atoms with Gasteiger partial charge in [-0.1, -0.05) is 39.0 Å². The van der Waals surface area contributed by atoms with Gasteiger partial charge in [-0.15, -0.1) is 0 Å². The Balaban J connectivity index is 2.31. The highest BCUT2D eigenvalue weighted by molar-refractivity contribution is 7.87. The largest absolute Gasteiger partial charge is 0.379 e. The summed E-state index contributed by atoms with van der Waals surface area (Å²) in [6.07, 6.45) is 1.20. The molecule has 0 saturated heterocycles. The lowest BCUT2D eigenvalue weighted by molar-refractivity contribution is -0.134. The number of benzene rings is 2. The van der Waals surface area contributed by atoms with E-state index < -0.39 is 15.9 Å². The smallest absolute Gasteiger partial charge is 0.339 e. The van der Waals surface area contributed by atoms with Crippen LogP contribution in [0.1, 0.15) is 46.1 Å². The van der Waals surface area contributed by atoms with Gasteiger partial charge in [0.15, 0.2) is 0 Å². The Labute approximate surface area is 172 Å². The topological polar surface area (TPSA) is 63.7 Å². The summed E-state index contributed by atoms with van der Waals surface area (Å²) >= 11 is 0. The summed E-state index contributed by atoms with van der Waals surface area (Å²) in [4.78, 5) is 14.4. The van der Waals surface area contributed by atoms with Gasteiger partial charge in [0.1, 0.15) is 16.5 Å². The van der Waals surface area contributed by atoms with Crippen LogP contribution in [-0.2, 0) is 21.5 Å². The third-order valence-electron chi connectivity index (χ3n) is 4.64. The first-order valence-electron chi connectivity index (χ1n) is 9.71. The summed E-state index contributed by atoms with van der Waals surface area (Å²) in [5.74, 6) is -0.135. The molecule has 0 spiro atoms. The van der Waals surface area contributed by atoms with E-state index in [-0.39, 0.29) is 35.1 Å². The third-order valence-corrected chi connectivity index (χ3v) is 5.89. The fraction of sp³-hybridized carbons (Fsp3) is 0.409. The molecule has 0 N–H and O–H groups in total. The summed E-state index contributed by atoms with van der Waals surface area (Å²) in [6.45, 7) is 8.19. The van der Waals surface area contributed by atoms with Crippen molar-refractivity contribution in [2.45, 2.75) is 58.0 Å². The number of para-hydroxylation sites is 1. The number of halogens is 1. The van der Waals surface area contributed by atoms with Crippen molar-refractivity contribution in [3.05, 3.63) is 59.9 Å². The van der Waals surface area contributed by atoms with Crippen molar-refractivity contribution in [2.24, 2.45) is 5.92 Å². The van der Waals surface area contributed by atoms with E-state index >= 15 is 0 Å². The van der Waals surface area contributed by atoms with Gasteiger partial charge >= 0.3 is 10.1 Å². The quantitative estimate of drug-likeness (QED) is 0.547. The highest BCUT2D eigenvalue weighted by Crippen LogP contribution is 2.26. The molecule has 0 saturated carbocycles. The maximum atomic E-state index is 13.1. The molecule has 1 unspecified atom stereocenters. The van der Waals surface area contributed by atoms with Crippen molar-refractivity contribution in [3.8, 4) is 5.75 Å². The molecule has 1 amide bonds. The van der Waals surface area contributed by atoms with Gasteiger partial charge in [-0.2, -0.15) is 8.42 Å². The molecule has 0 fully saturated rings.